The van der Waals surface area contributed by atoms with Gasteiger partial charge in [0.25, 0.3) is 0 Å². The number of carboxylic acids is 1. The quantitative estimate of drug-likeness (QED) is 0.234. The van der Waals surface area contributed by atoms with E-state index < -0.39 is 5.97 Å². The zero-order valence-electron chi connectivity index (χ0n) is 9.68. The number of hydrogen-bond donors (Lipinski definition) is 4. The molecule has 18 heavy (non-hydrogen) atoms. The van der Waals surface area contributed by atoms with Crippen LogP contribution in [-0.2, 0) is 9.63 Å². The number of amidine groups is 1. The van der Waals surface area contributed by atoms with E-state index >= 15 is 0 Å². The molecule has 0 aliphatic heterocycles. The van der Waals surface area contributed by atoms with Crippen LogP contribution in [0, 0.1) is 5.41 Å². The summed E-state index contributed by atoms with van der Waals surface area (Å²) in [5, 5.41) is 18.6. The molecule has 0 aliphatic rings. The Kier molecular flexibility index (Phi) is 5.62. The third-order valence-electron chi connectivity index (χ3n) is 2.03. The third-order valence-corrected chi connectivity index (χ3v) is 2.03. The number of hydrogen-bond acceptors (Lipinski definition) is 5. The van der Waals surface area contributed by atoms with Crippen molar-refractivity contribution in [2.24, 2.45) is 5.90 Å². The van der Waals surface area contributed by atoms with Gasteiger partial charge in [-0.3, -0.25) is 10.2 Å². The lowest BCUT2D eigenvalue weighted by Crippen LogP contribution is -2.29. The molecule has 1 aromatic rings. The smallest absolute Gasteiger partial charge is 0.322 e. The number of carbonyl (C=O) groups is 1. The molecule has 0 unspecified atom stereocenters. The van der Waals surface area contributed by atoms with Crippen LogP contribution in [0.2, 0.25) is 0 Å². The number of ether oxygens (including phenoxy) is 1. The Hall–Kier alpha value is -2.12. The first-order valence-electron chi connectivity index (χ1n) is 5.22. The van der Waals surface area contributed by atoms with Crippen molar-refractivity contribution < 1.29 is 19.5 Å². The summed E-state index contributed by atoms with van der Waals surface area (Å²) in [6, 6.07) is 6.69. The van der Waals surface area contributed by atoms with Gasteiger partial charge in [0.1, 0.15) is 31.3 Å². The molecule has 0 heterocycles. The molecule has 0 amide bonds. The average Bonchev–Trinajstić information content (AvgIpc) is 2.37. The Bertz CT molecular complexity index is 405. The maximum atomic E-state index is 10.3. The second kappa shape index (κ2) is 7.25. The summed E-state index contributed by atoms with van der Waals surface area (Å²) in [7, 11) is 0. The summed E-state index contributed by atoms with van der Waals surface area (Å²) in [4.78, 5) is 14.7. The maximum absolute atomic E-state index is 10.3. The van der Waals surface area contributed by atoms with Gasteiger partial charge in [-0.05, 0) is 24.3 Å². The highest BCUT2D eigenvalue weighted by molar-refractivity contribution is 5.97. The van der Waals surface area contributed by atoms with Crippen LogP contribution >= 0.6 is 0 Å². The van der Waals surface area contributed by atoms with Crippen molar-refractivity contribution in [3.63, 3.8) is 0 Å². The molecular formula is C11H15N3O4. The van der Waals surface area contributed by atoms with E-state index in [1.807, 2.05) is 0 Å². The van der Waals surface area contributed by atoms with Gasteiger partial charge in [0.05, 0.1) is 0 Å². The summed E-state index contributed by atoms with van der Waals surface area (Å²) in [6.07, 6.45) is 0. The second-order valence-corrected chi connectivity index (χ2v) is 3.37. The first-order chi connectivity index (χ1) is 8.63. The molecule has 1 aromatic carbocycles. The van der Waals surface area contributed by atoms with Crippen LogP contribution in [0.25, 0.3) is 0 Å². The lowest BCUT2D eigenvalue weighted by atomic mass is 10.2. The van der Waals surface area contributed by atoms with Crippen molar-refractivity contribution in [1.29, 1.82) is 5.41 Å². The van der Waals surface area contributed by atoms with Gasteiger partial charge in [0.15, 0.2) is 0 Å². The monoisotopic (exact) mass is 253 g/mol. The van der Waals surface area contributed by atoms with Crippen LogP contribution in [-0.4, -0.2) is 36.7 Å². The van der Waals surface area contributed by atoms with Gasteiger partial charge in [-0.2, -0.15) is 0 Å². The predicted molar refractivity (Wildman–Crippen MR) is 64.5 cm³/mol. The van der Waals surface area contributed by atoms with E-state index in [0.717, 1.165) is 0 Å². The molecule has 0 saturated carbocycles. The van der Waals surface area contributed by atoms with Crippen LogP contribution in [0.1, 0.15) is 5.56 Å². The Labute approximate surface area is 104 Å². The van der Waals surface area contributed by atoms with Crippen LogP contribution in [0.15, 0.2) is 24.3 Å². The molecule has 0 atom stereocenters. The van der Waals surface area contributed by atoms with E-state index in [9.17, 15) is 4.79 Å². The van der Waals surface area contributed by atoms with E-state index in [-0.39, 0.29) is 19.0 Å². The second-order valence-electron chi connectivity index (χ2n) is 3.37. The normalized spacial score (nSPS) is 9.83. The molecular weight excluding hydrogens is 238 g/mol. The molecule has 7 nitrogen and oxygen atoms in total. The van der Waals surface area contributed by atoms with Crippen molar-refractivity contribution in [1.82, 2.24) is 5.32 Å². The van der Waals surface area contributed by atoms with Crippen LogP contribution in [0.4, 0.5) is 0 Å². The van der Waals surface area contributed by atoms with Crippen molar-refractivity contribution in [2.75, 3.05) is 19.8 Å². The Morgan fingerprint density at radius 2 is 2.00 bits per heavy atom. The minimum atomic E-state index is -1.01. The molecule has 0 radical (unpaired) electrons. The molecule has 0 aromatic heterocycles. The summed E-state index contributed by atoms with van der Waals surface area (Å²) in [5.41, 5.74) is 0.582. The van der Waals surface area contributed by atoms with Crippen molar-refractivity contribution in [2.45, 2.75) is 0 Å². The number of benzene rings is 1. The SMILES string of the molecule is N=C(NCC(=O)O)c1ccc(OCCON)cc1. The lowest BCUT2D eigenvalue weighted by molar-refractivity contribution is -0.135. The molecule has 0 bridgehead atoms. The fourth-order valence-electron chi connectivity index (χ4n) is 1.19. The van der Waals surface area contributed by atoms with Gasteiger partial charge in [-0.25, -0.2) is 5.90 Å². The van der Waals surface area contributed by atoms with Crippen LogP contribution in [0.5, 0.6) is 5.75 Å². The van der Waals surface area contributed by atoms with E-state index in [1.54, 1.807) is 24.3 Å². The Balaban J connectivity index is 2.48. The fourth-order valence-corrected chi connectivity index (χ4v) is 1.19. The molecule has 5 N–H and O–H groups in total. The predicted octanol–water partition coefficient (Wildman–Crippen LogP) is -0.0447. The van der Waals surface area contributed by atoms with Crippen molar-refractivity contribution in [3.05, 3.63) is 29.8 Å². The van der Waals surface area contributed by atoms with Crippen molar-refractivity contribution >= 4 is 11.8 Å². The first kappa shape index (κ1) is 13.9. The molecule has 0 spiro atoms. The summed E-state index contributed by atoms with van der Waals surface area (Å²) >= 11 is 0. The van der Waals surface area contributed by atoms with E-state index in [1.165, 1.54) is 0 Å². The summed E-state index contributed by atoms with van der Waals surface area (Å²) in [6.45, 7) is 0.340. The van der Waals surface area contributed by atoms with Gasteiger partial charge < -0.3 is 20.0 Å². The Morgan fingerprint density at radius 1 is 1.33 bits per heavy atom. The number of carboxylic acid groups (broad SMARTS) is 1. The molecule has 0 fully saturated rings. The minimum Gasteiger partial charge on any atom is -0.491 e. The molecule has 7 heteroatoms. The fraction of sp³-hybridized carbons (Fsp3) is 0.273. The first-order valence-corrected chi connectivity index (χ1v) is 5.22. The highest BCUT2D eigenvalue weighted by atomic mass is 16.6. The van der Waals surface area contributed by atoms with Crippen LogP contribution in [0.3, 0.4) is 0 Å². The van der Waals surface area contributed by atoms with E-state index in [0.29, 0.717) is 17.9 Å². The standard InChI is InChI=1S/C11H15N3O4/c12-11(14-7-10(15)16)8-1-3-9(4-2-8)17-5-6-18-13/h1-4H,5-7,13H2,(H2,12,14)(H,15,16). The van der Waals surface area contributed by atoms with Crippen molar-refractivity contribution in [3.8, 4) is 5.75 Å². The summed E-state index contributed by atoms with van der Waals surface area (Å²) in [5.74, 6) is 4.51. The molecule has 98 valence electrons. The van der Waals surface area contributed by atoms with Crippen LogP contribution < -0.4 is 16.0 Å². The largest absolute Gasteiger partial charge is 0.491 e. The molecule has 1 rings (SSSR count). The van der Waals surface area contributed by atoms with Gasteiger partial charge >= 0.3 is 5.97 Å². The molecule has 0 saturated heterocycles. The number of nitrogens with two attached hydrogens (primary N) is 1. The Morgan fingerprint density at radius 3 is 2.56 bits per heavy atom. The van der Waals surface area contributed by atoms with Gasteiger partial charge in [-0.1, -0.05) is 0 Å². The third kappa shape index (κ3) is 4.81. The zero-order valence-corrected chi connectivity index (χ0v) is 9.68. The highest BCUT2D eigenvalue weighted by Gasteiger charge is 2.03. The topological polar surface area (TPSA) is 118 Å². The summed E-state index contributed by atoms with van der Waals surface area (Å²) < 4.78 is 5.29. The number of aliphatic carboxylic acids is 1. The lowest BCUT2D eigenvalue weighted by Gasteiger charge is -2.08. The van der Waals surface area contributed by atoms with Gasteiger partial charge in [0.2, 0.25) is 0 Å². The number of rotatable bonds is 7. The zero-order chi connectivity index (χ0) is 13.4. The van der Waals surface area contributed by atoms with E-state index in [2.05, 4.69) is 10.2 Å². The highest BCUT2D eigenvalue weighted by Crippen LogP contribution is 2.11. The molecule has 0 aliphatic carbocycles. The minimum absolute atomic E-state index is 0.0502. The maximum Gasteiger partial charge on any atom is 0.322 e. The average molecular weight is 253 g/mol. The van der Waals surface area contributed by atoms with E-state index in [4.69, 9.17) is 21.1 Å². The van der Waals surface area contributed by atoms with Gasteiger partial charge in [-0.15, -0.1) is 0 Å². The number of nitrogens with one attached hydrogen (secondary N) is 2. The van der Waals surface area contributed by atoms with Gasteiger partial charge in [0, 0.05) is 5.56 Å².